The molecule has 25 heavy (non-hydrogen) atoms. The first-order valence-corrected chi connectivity index (χ1v) is 7.62. The molecular weight excluding hydrogens is 369 g/mol. The van der Waals surface area contributed by atoms with Crippen molar-refractivity contribution in [2.45, 2.75) is 0 Å². The van der Waals surface area contributed by atoms with E-state index in [9.17, 15) is 14.7 Å². The quantitative estimate of drug-likeness (QED) is 0.430. The number of phenolic OH excluding ortho intramolecular Hbond substituents is 1. The van der Waals surface area contributed by atoms with E-state index in [1.54, 1.807) is 24.3 Å². The molecule has 0 aliphatic heterocycles. The Morgan fingerprint density at radius 1 is 1.12 bits per heavy atom. The van der Waals surface area contributed by atoms with Crippen LogP contribution in [0.2, 0.25) is 10.0 Å². The van der Waals surface area contributed by atoms with Gasteiger partial charge in [-0.2, -0.15) is 5.10 Å². The average molecular weight is 382 g/mol. The Morgan fingerprint density at radius 3 is 2.28 bits per heavy atom. The predicted octanol–water partition coefficient (Wildman–Crippen LogP) is 2.80. The van der Waals surface area contributed by atoms with Gasteiger partial charge in [-0.1, -0.05) is 23.2 Å². The molecule has 0 aliphatic rings. The maximum atomic E-state index is 11.8. The minimum Gasteiger partial charge on any atom is -0.505 e. The van der Waals surface area contributed by atoms with E-state index in [-0.39, 0.29) is 15.8 Å². The fourth-order valence-corrected chi connectivity index (χ4v) is 2.24. The number of methoxy groups -OCH3 is 1. The van der Waals surface area contributed by atoms with Gasteiger partial charge in [0, 0.05) is 5.69 Å². The van der Waals surface area contributed by atoms with E-state index in [0.717, 1.165) is 0 Å². The molecule has 0 saturated heterocycles. The van der Waals surface area contributed by atoms with Crippen molar-refractivity contribution in [1.82, 2.24) is 5.43 Å². The molecule has 130 valence electrons. The summed E-state index contributed by atoms with van der Waals surface area (Å²) in [4.78, 5) is 23.5. The van der Waals surface area contributed by atoms with Crippen LogP contribution in [0.3, 0.4) is 0 Å². The van der Waals surface area contributed by atoms with Crippen LogP contribution in [0.15, 0.2) is 41.5 Å². The molecule has 2 aromatic rings. The highest BCUT2D eigenvalue weighted by Crippen LogP contribution is 2.32. The van der Waals surface area contributed by atoms with E-state index in [4.69, 9.17) is 27.9 Å². The summed E-state index contributed by atoms with van der Waals surface area (Å²) >= 11 is 11.5. The molecule has 0 bridgehead atoms. The number of hydrogen-bond acceptors (Lipinski definition) is 5. The van der Waals surface area contributed by atoms with Crippen molar-refractivity contribution in [3.05, 3.63) is 52.0 Å². The van der Waals surface area contributed by atoms with E-state index in [2.05, 4.69) is 15.8 Å². The zero-order valence-electron chi connectivity index (χ0n) is 12.9. The number of aromatic hydroxyl groups is 1. The van der Waals surface area contributed by atoms with E-state index in [1.807, 2.05) is 0 Å². The van der Waals surface area contributed by atoms with Crippen LogP contribution in [0, 0.1) is 0 Å². The summed E-state index contributed by atoms with van der Waals surface area (Å²) < 4.78 is 5.00. The van der Waals surface area contributed by atoms with Crippen LogP contribution in [-0.2, 0) is 9.59 Å². The minimum absolute atomic E-state index is 0.0394. The van der Waals surface area contributed by atoms with Crippen LogP contribution in [0.1, 0.15) is 5.56 Å². The number of anilines is 1. The zero-order valence-corrected chi connectivity index (χ0v) is 14.4. The molecule has 0 fully saturated rings. The van der Waals surface area contributed by atoms with Crippen molar-refractivity contribution < 1.29 is 19.4 Å². The summed E-state index contributed by atoms with van der Waals surface area (Å²) in [7, 11) is 1.52. The molecule has 0 unspecified atom stereocenters. The van der Waals surface area contributed by atoms with Crippen LogP contribution < -0.4 is 15.5 Å². The van der Waals surface area contributed by atoms with Gasteiger partial charge in [-0.25, -0.2) is 5.43 Å². The van der Waals surface area contributed by atoms with Crippen LogP contribution >= 0.6 is 23.2 Å². The summed E-state index contributed by atoms with van der Waals surface area (Å²) in [6, 6.07) is 9.26. The summed E-state index contributed by atoms with van der Waals surface area (Å²) in [5, 5.41) is 15.6. The molecule has 0 spiro atoms. The van der Waals surface area contributed by atoms with Gasteiger partial charge in [0.05, 0.1) is 23.4 Å². The molecule has 0 aromatic heterocycles. The molecule has 0 atom stereocenters. The van der Waals surface area contributed by atoms with Gasteiger partial charge in [-0.3, -0.25) is 9.59 Å². The predicted molar refractivity (Wildman–Crippen MR) is 95.5 cm³/mol. The molecule has 0 radical (unpaired) electrons. The number of rotatable bonds is 4. The summed E-state index contributed by atoms with van der Waals surface area (Å²) in [5.41, 5.74) is 2.94. The molecule has 9 heteroatoms. The first-order valence-electron chi connectivity index (χ1n) is 6.87. The third-order valence-electron chi connectivity index (χ3n) is 2.97. The standard InChI is InChI=1S/C16H13Cl2N3O4/c1-25-11-4-2-10(3-5-11)20-15(23)16(24)21-19-8-9-6-12(17)14(22)13(18)7-9/h2-8,22H,1H3,(H,20,23)(H,21,24)/b19-8+. The lowest BCUT2D eigenvalue weighted by Crippen LogP contribution is -2.32. The number of nitrogens with zero attached hydrogens (tertiary/aromatic N) is 1. The van der Waals surface area contributed by atoms with E-state index < -0.39 is 11.8 Å². The second-order valence-electron chi connectivity index (χ2n) is 4.71. The van der Waals surface area contributed by atoms with Crippen LogP contribution in [0.4, 0.5) is 5.69 Å². The summed E-state index contributed by atoms with van der Waals surface area (Å²) in [5.74, 6) is -1.46. The maximum Gasteiger partial charge on any atom is 0.329 e. The molecule has 2 aromatic carbocycles. The van der Waals surface area contributed by atoms with Crippen molar-refractivity contribution in [2.75, 3.05) is 12.4 Å². The third-order valence-corrected chi connectivity index (χ3v) is 3.55. The number of halogens is 2. The topological polar surface area (TPSA) is 100 Å². The number of hydrogen-bond donors (Lipinski definition) is 3. The Hall–Kier alpha value is -2.77. The van der Waals surface area contributed by atoms with Gasteiger partial charge in [0.2, 0.25) is 0 Å². The first kappa shape index (κ1) is 18.6. The minimum atomic E-state index is -0.956. The van der Waals surface area contributed by atoms with Gasteiger partial charge in [0.25, 0.3) is 0 Å². The normalized spacial score (nSPS) is 10.5. The fraction of sp³-hybridized carbons (Fsp3) is 0.0625. The van der Waals surface area contributed by atoms with Crippen molar-refractivity contribution in [1.29, 1.82) is 0 Å². The molecule has 0 aliphatic carbocycles. The number of carbonyl (C=O) groups is 2. The number of ether oxygens (including phenoxy) is 1. The highest BCUT2D eigenvalue weighted by atomic mass is 35.5. The Bertz CT molecular complexity index is 800. The molecule has 0 heterocycles. The first-order chi connectivity index (χ1) is 11.9. The Morgan fingerprint density at radius 2 is 1.72 bits per heavy atom. The van der Waals surface area contributed by atoms with Gasteiger partial charge in [-0.15, -0.1) is 0 Å². The van der Waals surface area contributed by atoms with Crippen molar-refractivity contribution >= 4 is 46.9 Å². The SMILES string of the molecule is COc1ccc(NC(=O)C(=O)N/N=C/c2cc(Cl)c(O)c(Cl)c2)cc1. The van der Waals surface area contributed by atoms with E-state index in [1.165, 1.54) is 25.5 Å². The van der Waals surface area contributed by atoms with E-state index in [0.29, 0.717) is 17.0 Å². The van der Waals surface area contributed by atoms with Gasteiger partial charge in [0.1, 0.15) is 5.75 Å². The molecule has 2 amide bonds. The van der Waals surface area contributed by atoms with Crippen molar-refractivity contribution in [3.63, 3.8) is 0 Å². The fourth-order valence-electron chi connectivity index (χ4n) is 1.74. The molecule has 3 N–H and O–H groups in total. The van der Waals surface area contributed by atoms with Gasteiger partial charge >= 0.3 is 11.8 Å². The third kappa shape index (κ3) is 5.10. The van der Waals surface area contributed by atoms with Gasteiger partial charge < -0.3 is 15.2 Å². The molecule has 0 saturated carbocycles. The number of carbonyl (C=O) groups excluding carboxylic acids is 2. The number of benzene rings is 2. The molecule has 2 rings (SSSR count). The second kappa shape index (κ2) is 8.36. The van der Waals surface area contributed by atoms with E-state index >= 15 is 0 Å². The van der Waals surface area contributed by atoms with Crippen LogP contribution in [0.25, 0.3) is 0 Å². The highest BCUT2D eigenvalue weighted by Gasteiger charge is 2.13. The second-order valence-corrected chi connectivity index (χ2v) is 5.53. The monoisotopic (exact) mass is 381 g/mol. The smallest absolute Gasteiger partial charge is 0.329 e. The Kier molecular flexibility index (Phi) is 6.21. The Labute approximate surface area is 153 Å². The molecular formula is C16H13Cl2N3O4. The Balaban J connectivity index is 1.93. The number of amides is 2. The largest absolute Gasteiger partial charge is 0.505 e. The van der Waals surface area contributed by atoms with Crippen molar-refractivity contribution in [2.24, 2.45) is 5.10 Å². The highest BCUT2D eigenvalue weighted by molar-refractivity contribution is 6.39. The van der Waals surface area contributed by atoms with Crippen molar-refractivity contribution in [3.8, 4) is 11.5 Å². The lowest BCUT2D eigenvalue weighted by atomic mass is 10.2. The summed E-state index contributed by atoms with van der Waals surface area (Å²) in [6.07, 6.45) is 1.23. The van der Waals surface area contributed by atoms with Crippen LogP contribution in [0.5, 0.6) is 11.5 Å². The average Bonchev–Trinajstić information content (AvgIpc) is 2.60. The van der Waals surface area contributed by atoms with Crippen LogP contribution in [-0.4, -0.2) is 30.2 Å². The lowest BCUT2D eigenvalue weighted by Gasteiger charge is -2.05. The van der Waals surface area contributed by atoms with Gasteiger partial charge in [-0.05, 0) is 42.0 Å². The number of phenols is 1. The lowest BCUT2D eigenvalue weighted by molar-refractivity contribution is -0.136. The number of nitrogens with one attached hydrogen (secondary N) is 2. The zero-order chi connectivity index (χ0) is 18.4. The summed E-state index contributed by atoms with van der Waals surface area (Å²) in [6.45, 7) is 0. The number of hydrazone groups is 1. The van der Waals surface area contributed by atoms with Gasteiger partial charge in [0.15, 0.2) is 5.75 Å². The molecule has 7 nitrogen and oxygen atoms in total. The maximum absolute atomic E-state index is 11.8.